The van der Waals surface area contributed by atoms with E-state index in [9.17, 15) is 32.0 Å². The normalized spacial score (nSPS) is 10.5. The Morgan fingerprint density at radius 1 is 0.643 bits per heavy atom. The van der Waals surface area contributed by atoms with Crippen LogP contribution in [0, 0.1) is 29.1 Å². The fraction of sp³-hybridized carbons (Fsp3) is 0. The molecular weight excluding hydrogens is 210 g/mol. The number of hydrogen-bond donors (Lipinski definition) is 0. The average Bonchev–Trinajstić information content (AvgIpc) is 2.11. The van der Waals surface area contributed by atoms with E-state index in [1.54, 1.807) is 0 Å². The topological polar surface area (TPSA) is 46.1 Å². The average molecular weight is 210 g/mol. The molecule has 14 heavy (non-hydrogen) atoms. The van der Waals surface area contributed by atoms with E-state index in [0.717, 1.165) is 0 Å². The fourth-order valence-corrected chi connectivity index (χ4v) is 0.829. The Kier molecular flexibility index (Phi) is 2.77. The molecule has 0 saturated heterocycles. The van der Waals surface area contributed by atoms with Crippen molar-refractivity contribution in [1.29, 1.82) is 0 Å². The number of benzene rings is 1. The molecule has 0 radical (unpaired) electrons. The lowest BCUT2D eigenvalue weighted by molar-refractivity contribution is -0.341. The van der Waals surface area contributed by atoms with Crippen molar-refractivity contribution >= 4 is 12.6 Å². The maximum Gasteiger partial charge on any atom is 0.200 e. The molecule has 8 heteroatoms. The molecule has 0 N–H and O–H groups in total. The molecule has 1 rings (SSSR count). The van der Waals surface area contributed by atoms with Crippen molar-refractivity contribution in [3.63, 3.8) is 0 Å². The maximum absolute atomic E-state index is 12.5. The van der Waals surface area contributed by atoms with E-state index in [1.165, 1.54) is 0 Å². The minimum atomic E-state index is -3.26. The van der Waals surface area contributed by atoms with E-state index in [2.05, 4.69) is 0 Å². The van der Waals surface area contributed by atoms with E-state index in [1.807, 2.05) is 0 Å². The fourth-order valence-electron chi connectivity index (χ4n) is 0.829. The van der Waals surface area contributed by atoms with Gasteiger partial charge in [0.05, 0.1) is 0 Å². The van der Waals surface area contributed by atoms with Crippen molar-refractivity contribution < 1.29 is 32.0 Å². The van der Waals surface area contributed by atoms with Gasteiger partial charge >= 0.3 is 0 Å². The van der Waals surface area contributed by atoms with E-state index in [0.29, 0.717) is 0 Å². The highest BCUT2D eigenvalue weighted by Crippen LogP contribution is 2.15. The van der Waals surface area contributed by atoms with Gasteiger partial charge in [-0.1, -0.05) is 7.12 Å². The summed E-state index contributed by atoms with van der Waals surface area (Å²) in [4.78, 5) is 0. The molecule has 0 amide bonds. The highest BCUT2D eigenvalue weighted by molar-refractivity contribution is 6.55. The molecule has 2 nitrogen and oxygen atoms in total. The highest BCUT2D eigenvalue weighted by atomic mass is 19.2. The van der Waals surface area contributed by atoms with E-state index in [4.69, 9.17) is 0 Å². The Bertz CT molecular complexity index is 352. The van der Waals surface area contributed by atoms with Gasteiger partial charge in [0, 0.05) is 0 Å². The minimum absolute atomic E-state index is 1.89. The Morgan fingerprint density at radius 3 is 1.21 bits per heavy atom. The zero-order chi connectivity index (χ0) is 11.0. The minimum Gasteiger partial charge on any atom is -0.889 e. The van der Waals surface area contributed by atoms with Crippen LogP contribution in [0.3, 0.4) is 0 Å². The Hall–Kier alpha value is -1.15. The van der Waals surface area contributed by atoms with Gasteiger partial charge in [0.15, 0.2) is 29.1 Å². The van der Waals surface area contributed by atoms with Crippen LogP contribution in [0.4, 0.5) is 22.0 Å². The lowest BCUT2D eigenvalue weighted by Gasteiger charge is -2.27. The second kappa shape index (κ2) is 3.54. The molecule has 0 bridgehead atoms. The predicted octanol–water partition coefficient (Wildman–Crippen LogP) is -1.20. The van der Waals surface area contributed by atoms with Gasteiger partial charge in [0.1, 0.15) is 0 Å². The molecule has 0 aliphatic rings. The van der Waals surface area contributed by atoms with Gasteiger partial charge < -0.3 is 10.0 Å². The van der Waals surface area contributed by atoms with E-state index >= 15 is 0 Å². The van der Waals surface area contributed by atoms with Gasteiger partial charge in [0.25, 0.3) is 0 Å². The SMILES string of the molecule is [O-]B([O-])c1c(F)c(F)c(F)c(F)c1F. The van der Waals surface area contributed by atoms with Crippen LogP contribution in [-0.2, 0) is 0 Å². The van der Waals surface area contributed by atoms with Gasteiger partial charge in [-0.2, -0.15) is 0 Å². The predicted molar refractivity (Wildman–Crippen MR) is 31.6 cm³/mol. The zero-order valence-corrected chi connectivity index (χ0v) is 6.28. The summed E-state index contributed by atoms with van der Waals surface area (Å²) < 4.78 is 62.0. The zero-order valence-electron chi connectivity index (χ0n) is 6.28. The lowest BCUT2D eigenvalue weighted by Crippen LogP contribution is -2.58. The van der Waals surface area contributed by atoms with Crippen LogP contribution >= 0.6 is 0 Å². The summed E-state index contributed by atoms with van der Waals surface area (Å²) in [5.41, 5.74) is -1.89. The van der Waals surface area contributed by atoms with Crippen molar-refractivity contribution in [3.8, 4) is 0 Å². The quantitative estimate of drug-likeness (QED) is 0.253. The number of hydrogen-bond acceptors (Lipinski definition) is 2. The van der Waals surface area contributed by atoms with Crippen LogP contribution in [0.15, 0.2) is 0 Å². The molecule has 0 heterocycles. The van der Waals surface area contributed by atoms with E-state index in [-0.39, 0.29) is 0 Å². The van der Waals surface area contributed by atoms with Crippen molar-refractivity contribution in [2.75, 3.05) is 0 Å². The molecule has 1 aromatic carbocycles. The molecule has 0 fully saturated rings. The molecule has 0 unspecified atom stereocenters. The van der Waals surface area contributed by atoms with Crippen molar-refractivity contribution in [1.82, 2.24) is 0 Å². The molecule has 0 aliphatic carbocycles. The van der Waals surface area contributed by atoms with Gasteiger partial charge in [-0.05, 0) is 5.46 Å². The standard InChI is InChI=1S/C6BF5O2/c8-2-1(7(13)14)3(9)5(11)6(12)4(2)10/q-2. The molecule has 0 spiro atoms. The van der Waals surface area contributed by atoms with Gasteiger partial charge in [-0.25, -0.2) is 22.0 Å². The van der Waals surface area contributed by atoms with E-state index < -0.39 is 41.7 Å². The Labute approximate surface area is 74.7 Å². The van der Waals surface area contributed by atoms with Gasteiger partial charge in [0.2, 0.25) is 0 Å². The summed E-state index contributed by atoms with van der Waals surface area (Å²) in [6, 6.07) is 0. The molecule has 0 aromatic heterocycles. The first-order valence-corrected chi connectivity index (χ1v) is 3.20. The van der Waals surface area contributed by atoms with Crippen molar-refractivity contribution in [3.05, 3.63) is 29.1 Å². The monoisotopic (exact) mass is 210 g/mol. The second-order valence-electron chi connectivity index (χ2n) is 2.32. The third-order valence-electron chi connectivity index (χ3n) is 1.48. The van der Waals surface area contributed by atoms with Crippen LogP contribution < -0.4 is 15.5 Å². The van der Waals surface area contributed by atoms with Crippen LogP contribution in [0.1, 0.15) is 0 Å². The van der Waals surface area contributed by atoms with Gasteiger partial charge in [-0.15, -0.1) is 0 Å². The smallest absolute Gasteiger partial charge is 0.200 e. The summed E-state index contributed by atoms with van der Waals surface area (Å²) in [7, 11) is -3.26. The first kappa shape index (κ1) is 10.9. The summed E-state index contributed by atoms with van der Waals surface area (Å²) in [6.45, 7) is 0. The molecule has 0 atom stereocenters. The first-order chi connectivity index (χ1) is 6.37. The third kappa shape index (κ3) is 1.46. The molecule has 1 aromatic rings. The molecule has 0 aliphatic heterocycles. The van der Waals surface area contributed by atoms with Crippen LogP contribution in [0.25, 0.3) is 0 Å². The third-order valence-corrected chi connectivity index (χ3v) is 1.48. The molecule has 0 saturated carbocycles. The van der Waals surface area contributed by atoms with Crippen molar-refractivity contribution in [2.24, 2.45) is 0 Å². The summed E-state index contributed by atoms with van der Waals surface area (Å²) >= 11 is 0. The second-order valence-corrected chi connectivity index (χ2v) is 2.32. The van der Waals surface area contributed by atoms with Gasteiger partial charge in [-0.3, -0.25) is 0 Å². The Balaban J connectivity index is 3.60. The lowest BCUT2D eigenvalue weighted by atomic mass is 9.79. The largest absolute Gasteiger partial charge is 0.889 e. The summed E-state index contributed by atoms with van der Waals surface area (Å²) in [5.74, 6) is -11.7. The molecular formula is C6BF5O2-2. The number of rotatable bonds is 1. The van der Waals surface area contributed by atoms with Crippen molar-refractivity contribution in [2.45, 2.75) is 0 Å². The highest BCUT2D eigenvalue weighted by Gasteiger charge is 2.23. The van der Waals surface area contributed by atoms with Crippen LogP contribution in [0.2, 0.25) is 0 Å². The summed E-state index contributed by atoms with van der Waals surface area (Å²) in [5, 5.41) is 20.2. The van der Waals surface area contributed by atoms with Crippen LogP contribution in [0.5, 0.6) is 0 Å². The maximum atomic E-state index is 12.5. The van der Waals surface area contributed by atoms with Crippen LogP contribution in [-0.4, -0.2) is 7.12 Å². The first-order valence-electron chi connectivity index (χ1n) is 3.20. The molecule has 76 valence electrons. The summed E-state index contributed by atoms with van der Waals surface area (Å²) in [6.07, 6.45) is 0. The number of halogens is 5. The Morgan fingerprint density at radius 2 is 0.929 bits per heavy atom.